The van der Waals surface area contributed by atoms with Gasteiger partial charge in [0.2, 0.25) is 5.78 Å². The Labute approximate surface area is 213 Å². The van der Waals surface area contributed by atoms with Crippen molar-refractivity contribution >= 4 is 34.7 Å². The largest absolute Gasteiger partial charge is 0.417 e. The van der Waals surface area contributed by atoms with E-state index in [1.165, 1.54) is 23.1 Å². The molecule has 1 atom stereocenters. The molecule has 0 amide bonds. The van der Waals surface area contributed by atoms with Gasteiger partial charge in [-0.25, -0.2) is 4.98 Å². The summed E-state index contributed by atoms with van der Waals surface area (Å²) in [6.45, 7) is 1.32. The Morgan fingerprint density at radius 2 is 1.94 bits per heavy atom. The molecule has 0 N–H and O–H groups in total. The number of hydrogen-bond donors (Lipinski definition) is 0. The van der Waals surface area contributed by atoms with Gasteiger partial charge in [0.15, 0.2) is 6.23 Å². The Morgan fingerprint density at radius 3 is 2.67 bits per heavy atom. The summed E-state index contributed by atoms with van der Waals surface area (Å²) in [4.78, 5) is 32.0. The Bertz CT molecular complexity index is 1380. The molecule has 1 unspecified atom stereocenters. The molecular weight excluding hydrogens is 522 g/mol. The lowest BCUT2D eigenvalue weighted by Crippen LogP contribution is -2.37. The quantitative estimate of drug-likeness (QED) is 0.444. The highest BCUT2D eigenvalue weighted by Gasteiger charge is 2.37. The third-order valence-electron chi connectivity index (χ3n) is 6.32. The predicted octanol–water partition coefficient (Wildman–Crippen LogP) is 4.72. The van der Waals surface area contributed by atoms with Crippen molar-refractivity contribution in [1.82, 2.24) is 19.3 Å². The molecule has 2 aromatic heterocycles. The van der Waals surface area contributed by atoms with Crippen molar-refractivity contribution in [3.8, 4) is 0 Å². The molecular formula is C23H20Cl2F3N5O3. The van der Waals surface area contributed by atoms with Crippen molar-refractivity contribution in [2.45, 2.75) is 44.8 Å². The van der Waals surface area contributed by atoms with E-state index in [2.05, 4.69) is 10.1 Å². The molecule has 0 aliphatic carbocycles. The van der Waals surface area contributed by atoms with E-state index in [1.807, 2.05) is 0 Å². The number of alkyl halides is 3. The molecule has 0 spiro atoms. The Hall–Kier alpha value is -2.89. The minimum absolute atomic E-state index is 0.00790. The number of imidazole rings is 1. The summed E-state index contributed by atoms with van der Waals surface area (Å²) in [6, 6.07) is 3.05. The summed E-state index contributed by atoms with van der Waals surface area (Å²) in [6.07, 6.45) is 0.0745. The van der Waals surface area contributed by atoms with Crippen LogP contribution in [0.4, 0.5) is 18.9 Å². The van der Waals surface area contributed by atoms with Crippen molar-refractivity contribution in [2.75, 3.05) is 18.1 Å². The summed E-state index contributed by atoms with van der Waals surface area (Å²) in [7, 11) is 0. The normalized spacial score (nSPS) is 18.2. The molecule has 13 heteroatoms. The summed E-state index contributed by atoms with van der Waals surface area (Å²) < 4.78 is 49.1. The minimum atomic E-state index is -4.75. The number of benzene rings is 1. The molecule has 2 aliphatic heterocycles. The van der Waals surface area contributed by atoms with Gasteiger partial charge in [0, 0.05) is 30.3 Å². The van der Waals surface area contributed by atoms with Gasteiger partial charge in [-0.1, -0.05) is 23.2 Å². The monoisotopic (exact) mass is 541 g/mol. The van der Waals surface area contributed by atoms with Gasteiger partial charge in [-0.05, 0) is 37.5 Å². The van der Waals surface area contributed by atoms with Crippen LogP contribution in [0.5, 0.6) is 0 Å². The third kappa shape index (κ3) is 4.51. The molecule has 1 fully saturated rings. The van der Waals surface area contributed by atoms with Gasteiger partial charge in [-0.15, -0.1) is 0 Å². The highest BCUT2D eigenvalue weighted by Crippen LogP contribution is 2.35. The van der Waals surface area contributed by atoms with Crippen molar-refractivity contribution < 1.29 is 22.7 Å². The van der Waals surface area contributed by atoms with Gasteiger partial charge in [-0.2, -0.15) is 23.0 Å². The summed E-state index contributed by atoms with van der Waals surface area (Å²) in [5, 5.41) is 4.14. The van der Waals surface area contributed by atoms with Crippen LogP contribution in [0.25, 0.3) is 0 Å². The molecule has 36 heavy (non-hydrogen) atoms. The first kappa shape index (κ1) is 24.8. The lowest BCUT2D eigenvalue weighted by Gasteiger charge is -2.31. The number of nitrogens with zero attached hydrogens (tertiary/aromatic N) is 5. The standard InChI is InChI=1S/C23H20Cl2F3N5O3/c24-13-4-5-14(15(9-13)23(26,27)28)21(34)17-10-29-18-12-31(6-7-32(17)18)16-11-30-33(22(35)20(16)25)19-3-1-2-8-36-19/h4-5,9-11,19H,1-3,6-8,12H2. The van der Waals surface area contributed by atoms with Crippen molar-refractivity contribution in [2.24, 2.45) is 0 Å². The fraction of sp³-hybridized carbons (Fsp3) is 0.391. The van der Waals surface area contributed by atoms with E-state index in [0.29, 0.717) is 31.1 Å². The summed E-state index contributed by atoms with van der Waals surface area (Å²) >= 11 is 12.2. The zero-order valence-electron chi connectivity index (χ0n) is 18.8. The first-order chi connectivity index (χ1) is 17.1. The topological polar surface area (TPSA) is 82.2 Å². The van der Waals surface area contributed by atoms with Crippen LogP contribution in [0.1, 0.15) is 52.9 Å². The number of ketones is 1. The maximum absolute atomic E-state index is 13.5. The first-order valence-electron chi connectivity index (χ1n) is 11.2. The van der Waals surface area contributed by atoms with Crippen LogP contribution >= 0.6 is 23.2 Å². The Morgan fingerprint density at radius 1 is 1.14 bits per heavy atom. The third-order valence-corrected chi connectivity index (χ3v) is 6.91. The SMILES string of the molecule is O=C(c1ccc(Cl)cc1C(F)(F)F)c1cnc2n1CCN(c1cnn(C3CCCCO3)c(=O)c1Cl)C2. The summed E-state index contributed by atoms with van der Waals surface area (Å²) in [5.41, 5.74) is -1.63. The maximum atomic E-state index is 13.5. The van der Waals surface area contributed by atoms with Gasteiger partial charge in [0.05, 0.1) is 30.2 Å². The minimum Gasteiger partial charge on any atom is -0.360 e. The van der Waals surface area contributed by atoms with Crippen LogP contribution in [-0.2, 0) is 24.0 Å². The van der Waals surface area contributed by atoms with E-state index in [9.17, 15) is 22.8 Å². The summed E-state index contributed by atoms with van der Waals surface area (Å²) in [5.74, 6) is -0.357. The van der Waals surface area contributed by atoms with Crippen LogP contribution in [0, 0.1) is 0 Å². The molecule has 3 aromatic rings. The molecule has 4 heterocycles. The number of carbonyl (C=O) groups is 1. The average Bonchev–Trinajstić information content (AvgIpc) is 3.28. The van der Waals surface area contributed by atoms with Crippen LogP contribution in [0.15, 0.2) is 35.4 Å². The molecule has 0 saturated carbocycles. The van der Waals surface area contributed by atoms with Gasteiger partial charge in [0.1, 0.15) is 16.5 Å². The van der Waals surface area contributed by atoms with Crippen molar-refractivity contribution in [1.29, 1.82) is 0 Å². The number of halogens is 5. The maximum Gasteiger partial charge on any atom is 0.417 e. The second-order valence-corrected chi connectivity index (χ2v) is 9.38. The van der Waals surface area contributed by atoms with Crippen molar-refractivity contribution in [3.63, 3.8) is 0 Å². The number of ether oxygens (including phenoxy) is 1. The lowest BCUT2D eigenvalue weighted by molar-refractivity contribution is -0.137. The molecule has 1 aromatic carbocycles. The second-order valence-electron chi connectivity index (χ2n) is 8.56. The molecule has 2 aliphatic rings. The van der Waals surface area contributed by atoms with Crippen LogP contribution in [0.2, 0.25) is 10.0 Å². The van der Waals surface area contributed by atoms with Gasteiger partial charge >= 0.3 is 6.18 Å². The van der Waals surface area contributed by atoms with Crippen LogP contribution < -0.4 is 10.5 Å². The van der Waals surface area contributed by atoms with Gasteiger partial charge < -0.3 is 14.2 Å². The van der Waals surface area contributed by atoms with E-state index >= 15 is 0 Å². The van der Waals surface area contributed by atoms with Crippen LogP contribution in [0.3, 0.4) is 0 Å². The molecule has 1 saturated heterocycles. The van der Waals surface area contributed by atoms with E-state index < -0.39 is 34.9 Å². The number of fused-ring (bicyclic) bond motifs is 1. The fourth-order valence-corrected chi connectivity index (χ4v) is 4.94. The van der Waals surface area contributed by atoms with Crippen LogP contribution in [-0.4, -0.2) is 38.3 Å². The van der Waals surface area contributed by atoms with Crippen molar-refractivity contribution in [3.05, 3.63) is 73.6 Å². The number of rotatable bonds is 4. The zero-order valence-corrected chi connectivity index (χ0v) is 20.3. The zero-order chi connectivity index (χ0) is 25.6. The first-order valence-corrected chi connectivity index (χ1v) is 12.0. The number of aromatic nitrogens is 4. The molecule has 5 rings (SSSR count). The smallest absolute Gasteiger partial charge is 0.360 e. The lowest BCUT2D eigenvalue weighted by atomic mass is 10.0. The van der Waals surface area contributed by atoms with E-state index in [4.69, 9.17) is 27.9 Å². The number of anilines is 1. The average molecular weight is 542 g/mol. The molecule has 8 nitrogen and oxygen atoms in total. The van der Waals surface area contributed by atoms with E-state index in [0.717, 1.165) is 25.0 Å². The molecule has 190 valence electrons. The van der Waals surface area contributed by atoms with E-state index in [1.54, 1.807) is 9.47 Å². The molecule has 0 radical (unpaired) electrons. The van der Waals surface area contributed by atoms with Gasteiger partial charge in [-0.3, -0.25) is 9.59 Å². The predicted molar refractivity (Wildman–Crippen MR) is 126 cm³/mol. The highest BCUT2D eigenvalue weighted by molar-refractivity contribution is 6.33. The number of hydrogen-bond acceptors (Lipinski definition) is 6. The fourth-order valence-electron chi connectivity index (χ4n) is 4.51. The number of carbonyl (C=O) groups excluding carboxylic acids is 1. The highest BCUT2D eigenvalue weighted by atomic mass is 35.5. The second kappa shape index (κ2) is 9.53. The Kier molecular flexibility index (Phi) is 6.56. The van der Waals surface area contributed by atoms with Gasteiger partial charge in [0.25, 0.3) is 5.56 Å². The Balaban J connectivity index is 1.41. The molecule has 0 bridgehead atoms. The van der Waals surface area contributed by atoms with E-state index in [-0.39, 0.29) is 28.8 Å².